The van der Waals surface area contributed by atoms with Gasteiger partial charge in [0.2, 0.25) is 11.8 Å². The minimum Gasteiger partial charge on any atom is -0.493 e. The number of hydrogen-bond donors (Lipinski definition) is 2. The van der Waals surface area contributed by atoms with Crippen LogP contribution >= 0.6 is 0 Å². The highest BCUT2D eigenvalue weighted by molar-refractivity contribution is 5.93. The van der Waals surface area contributed by atoms with Gasteiger partial charge in [0.1, 0.15) is 5.76 Å². The Balaban J connectivity index is 1.76. The lowest BCUT2D eigenvalue weighted by Crippen LogP contribution is -2.33. The highest BCUT2D eigenvalue weighted by Crippen LogP contribution is 2.27. The van der Waals surface area contributed by atoms with Gasteiger partial charge in [-0.15, -0.1) is 0 Å². The number of benzene rings is 1. The highest BCUT2D eigenvalue weighted by atomic mass is 16.5. The van der Waals surface area contributed by atoms with Crippen LogP contribution in [0, 0.1) is 6.92 Å². The smallest absolute Gasteiger partial charge is 0.245 e. The van der Waals surface area contributed by atoms with Crippen molar-refractivity contribution in [3.63, 3.8) is 0 Å². The van der Waals surface area contributed by atoms with E-state index in [4.69, 9.17) is 14.0 Å². The van der Waals surface area contributed by atoms with E-state index in [1.807, 2.05) is 12.1 Å². The first-order valence-electron chi connectivity index (χ1n) is 7.72. The summed E-state index contributed by atoms with van der Waals surface area (Å²) in [5, 5.41) is 8.74. The number of hydrogen-bond acceptors (Lipinski definition) is 6. The molecule has 0 aliphatic heterocycles. The fourth-order valence-corrected chi connectivity index (χ4v) is 2.17. The third kappa shape index (κ3) is 5.52. The van der Waals surface area contributed by atoms with E-state index < -0.39 is 0 Å². The predicted octanol–water partition coefficient (Wildman–Crippen LogP) is 1.69. The van der Waals surface area contributed by atoms with E-state index in [-0.39, 0.29) is 24.8 Å². The van der Waals surface area contributed by atoms with Crippen LogP contribution in [0.3, 0.4) is 0 Å². The second-order valence-electron chi connectivity index (χ2n) is 5.34. The number of methoxy groups -OCH3 is 2. The number of carbonyl (C=O) groups is 2. The van der Waals surface area contributed by atoms with Crippen LogP contribution in [0.1, 0.15) is 17.7 Å². The fourth-order valence-electron chi connectivity index (χ4n) is 2.17. The summed E-state index contributed by atoms with van der Waals surface area (Å²) in [5.74, 6) is 1.57. The number of aryl methyl sites for hydroxylation is 2. The molecule has 1 heterocycles. The Morgan fingerprint density at radius 3 is 2.52 bits per heavy atom. The molecule has 0 spiro atoms. The number of nitrogens with one attached hydrogen (secondary N) is 2. The number of aromatic nitrogens is 1. The molecule has 0 unspecified atom stereocenters. The second kappa shape index (κ2) is 8.72. The van der Waals surface area contributed by atoms with Crippen molar-refractivity contribution in [3.05, 3.63) is 35.6 Å². The monoisotopic (exact) mass is 347 g/mol. The van der Waals surface area contributed by atoms with Crippen molar-refractivity contribution in [3.8, 4) is 11.5 Å². The molecule has 0 saturated carbocycles. The fraction of sp³-hybridized carbons (Fsp3) is 0.353. The van der Waals surface area contributed by atoms with Crippen LogP contribution in [0.15, 0.2) is 28.8 Å². The normalized spacial score (nSPS) is 10.2. The van der Waals surface area contributed by atoms with Gasteiger partial charge < -0.3 is 24.6 Å². The maximum Gasteiger partial charge on any atom is 0.245 e. The quantitative estimate of drug-likeness (QED) is 0.753. The van der Waals surface area contributed by atoms with Crippen molar-refractivity contribution in [1.82, 2.24) is 10.5 Å². The summed E-state index contributed by atoms with van der Waals surface area (Å²) in [5.41, 5.74) is 0.940. The number of nitrogens with zero attached hydrogens (tertiary/aromatic N) is 1. The Labute approximate surface area is 145 Å². The van der Waals surface area contributed by atoms with Crippen LogP contribution in [-0.4, -0.2) is 37.7 Å². The minimum atomic E-state index is -0.368. The SMILES string of the molecule is COc1ccc(CCC(=O)NCC(=O)Nc2cc(C)on2)cc1OC. The molecule has 8 heteroatoms. The number of rotatable bonds is 8. The summed E-state index contributed by atoms with van der Waals surface area (Å²) >= 11 is 0. The zero-order valence-corrected chi connectivity index (χ0v) is 14.4. The van der Waals surface area contributed by atoms with E-state index in [2.05, 4.69) is 15.8 Å². The molecule has 134 valence electrons. The molecular formula is C17H21N3O5. The van der Waals surface area contributed by atoms with Crippen LogP contribution in [0.5, 0.6) is 11.5 Å². The molecule has 0 aliphatic rings. The molecule has 2 rings (SSSR count). The van der Waals surface area contributed by atoms with Crippen molar-refractivity contribution in [2.45, 2.75) is 19.8 Å². The van der Waals surface area contributed by atoms with Crippen molar-refractivity contribution in [1.29, 1.82) is 0 Å². The molecule has 2 amide bonds. The maximum absolute atomic E-state index is 11.9. The standard InChI is InChI=1S/C17H21N3O5/c1-11-8-15(20-25-11)19-17(22)10-18-16(21)7-5-12-4-6-13(23-2)14(9-12)24-3/h4,6,8-9H,5,7,10H2,1-3H3,(H,18,21)(H,19,20,22). The van der Waals surface area contributed by atoms with Gasteiger partial charge in [0.25, 0.3) is 0 Å². The molecule has 0 fully saturated rings. The average Bonchev–Trinajstić information content (AvgIpc) is 3.02. The Morgan fingerprint density at radius 2 is 1.88 bits per heavy atom. The number of ether oxygens (including phenoxy) is 2. The Morgan fingerprint density at radius 1 is 1.12 bits per heavy atom. The lowest BCUT2D eigenvalue weighted by atomic mass is 10.1. The Bertz CT molecular complexity index is 742. The van der Waals surface area contributed by atoms with Gasteiger partial charge in [0, 0.05) is 12.5 Å². The van der Waals surface area contributed by atoms with Gasteiger partial charge in [-0.25, -0.2) is 0 Å². The van der Waals surface area contributed by atoms with Gasteiger partial charge in [-0.2, -0.15) is 0 Å². The first kappa shape index (κ1) is 18.3. The van der Waals surface area contributed by atoms with Gasteiger partial charge in [0.15, 0.2) is 17.3 Å². The lowest BCUT2D eigenvalue weighted by molar-refractivity contribution is -0.124. The Kier molecular flexibility index (Phi) is 6.39. The van der Waals surface area contributed by atoms with Crippen LogP contribution in [-0.2, 0) is 16.0 Å². The molecular weight excluding hydrogens is 326 g/mol. The van der Waals surface area contributed by atoms with Crippen LogP contribution in [0.25, 0.3) is 0 Å². The summed E-state index contributed by atoms with van der Waals surface area (Å²) < 4.78 is 15.2. The van der Waals surface area contributed by atoms with E-state index in [0.717, 1.165) is 5.56 Å². The van der Waals surface area contributed by atoms with Crippen LogP contribution in [0.2, 0.25) is 0 Å². The molecule has 0 radical (unpaired) electrons. The van der Waals surface area contributed by atoms with E-state index in [0.29, 0.717) is 29.5 Å². The summed E-state index contributed by atoms with van der Waals surface area (Å²) in [6, 6.07) is 7.08. The molecule has 1 aromatic carbocycles. The van der Waals surface area contributed by atoms with Crippen molar-refractivity contribution < 1.29 is 23.6 Å². The van der Waals surface area contributed by atoms with Gasteiger partial charge >= 0.3 is 0 Å². The van der Waals surface area contributed by atoms with E-state index in [1.54, 1.807) is 33.3 Å². The van der Waals surface area contributed by atoms with Crippen LogP contribution in [0.4, 0.5) is 5.82 Å². The zero-order valence-electron chi connectivity index (χ0n) is 14.4. The van der Waals surface area contributed by atoms with E-state index in [9.17, 15) is 9.59 Å². The minimum absolute atomic E-state index is 0.128. The largest absolute Gasteiger partial charge is 0.493 e. The van der Waals surface area contributed by atoms with Gasteiger partial charge in [-0.05, 0) is 31.0 Å². The first-order valence-corrected chi connectivity index (χ1v) is 7.72. The molecule has 0 aliphatic carbocycles. The topological polar surface area (TPSA) is 103 Å². The summed E-state index contributed by atoms with van der Waals surface area (Å²) in [6.45, 7) is 1.59. The third-order valence-electron chi connectivity index (χ3n) is 3.43. The average molecular weight is 347 g/mol. The van der Waals surface area contributed by atoms with E-state index in [1.165, 1.54) is 0 Å². The number of anilines is 1. The third-order valence-corrected chi connectivity index (χ3v) is 3.43. The molecule has 2 N–H and O–H groups in total. The van der Waals surface area contributed by atoms with Gasteiger partial charge in [0.05, 0.1) is 20.8 Å². The van der Waals surface area contributed by atoms with Crippen molar-refractivity contribution in [2.24, 2.45) is 0 Å². The molecule has 0 saturated heterocycles. The molecule has 8 nitrogen and oxygen atoms in total. The van der Waals surface area contributed by atoms with E-state index >= 15 is 0 Å². The molecule has 1 aromatic heterocycles. The molecule has 25 heavy (non-hydrogen) atoms. The van der Waals surface area contributed by atoms with Gasteiger partial charge in [-0.3, -0.25) is 9.59 Å². The summed E-state index contributed by atoms with van der Waals surface area (Å²) in [7, 11) is 3.12. The second-order valence-corrected chi connectivity index (χ2v) is 5.34. The zero-order chi connectivity index (χ0) is 18.2. The number of carbonyl (C=O) groups excluding carboxylic acids is 2. The molecule has 0 atom stereocenters. The maximum atomic E-state index is 11.9. The summed E-state index contributed by atoms with van der Waals surface area (Å²) in [6.07, 6.45) is 0.780. The predicted molar refractivity (Wildman–Crippen MR) is 90.7 cm³/mol. The first-order chi connectivity index (χ1) is 12.0. The number of amides is 2. The Hall–Kier alpha value is -3.03. The van der Waals surface area contributed by atoms with Crippen molar-refractivity contribution in [2.75, 3.05) is 26.1 Å². The summed E-state index contributed by atoms with van der Waals surface area (Å²) in [4.78, 5) is 23.6. The molecule has 0 bridgehead atoms. The molecule has 2 aromatic rings. The van der Waals surface area contributed by atoms with Crippen molar-refractivity contribution >= 4 is 17.6 Å². The van der Waals surface area contributed by atoms with Gasteiger partial charge in [-0.1, -0.05) is 11.2 Å². The van der Waals surface area contributed by atoms with Crippen LogP contribution < -0.4 is 20.1 Å². The lowest BCUT2D eigenvalue weighted by Gasteiger charge is -2.09. The highest BCUT2D eigenvalue weighted by Gasteiger charge is 2.10.